The molecule has 0 saturated heterocycles. The number of ether oxygens (including phenoxy) is 3. The van der Waals surface area contributed by atoms with Gasteiger partial charge < -0.3 is 43.3 Å². The molecule has 150 heavy (non-hydrogen) atoms. The van der Waals surface area contributed by atoms with Crippen LogP contribution in [0.25, 0.3) is 9.69 Å². The third kappa shape index (κ3) is 48.8. The Hall–Kier alpha value is -14.3. The minimum Gasteiger partial charge on any atom is -0.470 e. The smallest absolute Gasteiger partial charge is 0.470 e. The Morgan fingerprint density at radius 1 is 0.493 bits per heavy atom. The van der Waals surface area contributed by atoms with Crippen molar-refractivity contribution in [3.05, 3.63) is 189 Å². The largest absolute Gasteiger partial charge is 0.538 e. The van der Waals surface area contributed by atoms with E-state index in [1.54, 1.807) is 116 Å². The van der Waals surface area contributed by atoms with Crippen LogP contribution in [-0.4, -0.2) is 205 Å². The van der Waals surface area contributed by atoms with Crippen LogP contribution in [0.1, 0.15) is 250 Å². The summed E-state index contributed by atoms with van der Waals surface area (Å²) in [6.45, 7) is 40.8. The molecule has 0 spiro atoms. The molecule has 5 aromatic carbocycles. The van der Waals surface area contributed by atoms with E-state index in [1.807, 2.05) is 20.8 Å². The minimum atomic E-state index is -5.99. The van der Waals surface area contributed by atoms with E-state index < -0.39 is 83.3 Å². The van der Waals surface area contributed by atoms with E-state index >= 15 is 0 Å². The molecule has 0 heterocycles. The van der Waals surface area contributed by atoms with E-state index in [9.17, 15) is 101 Å². The van der Waals surface area contributed by atoms with Crippen LogP contribution in [-0.2, 0) is 130 Å². The fraction of sp³-hybridized carbons (Fsp3) is 0.450. The number of esters is 2. The lowest BCUT2D eigenvalue weighted by Crippen LogP contribution is -2.33. The van der Waals surface area contributed by atoms with E-state index in [1.165, 1.54) is 93.2 Å². The maximum Gasteiger partial charge on any atom is 0.538 e. The van der Waals surface area contributed by atoms with Gasteiger partial charge in [0.1, 0.15) is 52.3 Å². The molecule has 0 aromatic heterocycles. The van der Waals surface area contributed by atoms with Gasteiger partial charge >= 0.3 is 89.3 Å². The van der Waals surface area contributed by atoms with Gasteiger partial charge in [-0.05, 0) is 228 Å². The van der Waals surface area contributed by atoms with Crippen LogP contribution in [0.5, 0.6) is 0 Å². The zero-order valence-corrected chi connectivity index (χ0v) is 90.0. The first kappa shape index (κ1) is 132. The molecule has 5 fully saturated rings. The summed E-state index contributed by atoms with van der Waals surface area (Å²) in [5.41, 5.74) is 0.630. The predicted molar refractivity (Wildman–Crippen MR) is 549 cm³/mol. The third-order valence-corrected chi connectivity index (χ3v) is 25.0. The highest BCUT2D eigenvalue weighted by molar-refractivity contribution is 7.87. The number of Topliss-reactive ketones (excluding diaryl/α,β-unsaturated/α-hetero) is 6. The average molecular weight is 2200 g/mol. The van der Waals surface area contributed by atoms with Crippen LogP contribution in [0.3, 0.4) is 0 Å². The van der Waals surface area contributed by atoms with Crippen molar-refractivity contribution >= 4 is 187 Å². The summed E-state index contributed by atoms with van der Waals surface area (Å²) in [5.74, 6) is -6.88. The Morgan fingerprint density at radius 2 is 0.933 bits per heavy atom. The quantitative estimate of drug-likeness (QED) is 0.00602. The Kier molecular flexibility index (Phi) is 58.7. The van der Waals surface area contributed by atoms with Gasteiger partial charge in [0.05, 0.1) is 57.9 Å². The Labute approximate surface area is 878 Å². The van der Waals surface area contributed by atoms with Gasteiger partial charge in [0, 0.05) is 74.2 Å². The monoisotopic (exact) mass is 2190 g/mol. The highest BCUT2D eigenvalue weighted by Crippen LogP contribution is 2.62. The summed E-state index contributed by atoms with van der Waals surface area (Å²) in [4.78, 5) is 182. The lowest BCUT2D eigenvalue weighted by molar-refractivity contribution is -0.150. The fourth-order valence-electron chi connectivity index (χ4n) is 12.7. The zero-order valence-electron chi connectivity index (χ0n) is 86.0. The van der Waals surface area contributed by atoms with Gasteiger partial charge in [0.15, 0.2) is 34.7 Å². The highest BCUT2D eigenvalue weighted by atomic mass is 35.5. The number of aryl methyl sites for hydroxylation is 1. The second kappa shape index (κ2) is 66.9. The predicted octanol–water partition coefficient (Wildman–Crippen LogP) is 17.9. The van der Waals surface area contributed by atoms with Gasteiger partial charge in [-0.25, -0.2) is 28.8 Å². The van der Waals surface area contributed by atoms with E-state index in [4.69, 9.17) is 45.5 Å². The van der Waals surface area contributed by atoms with Crippen molar-refractivity contribution in [2.24, 2.45) is 79.8 Å². The van der Waals surface area contributed by atoms with Gasteiger partial charge in [-0.1, -0.05) is 175 Å². The van der Waals surface area contributed by atoms with Crippen molar-refractivity contribution in [3.63, 3.8) is 0 Å². The maximum absolute atomic E-state index is 12.3. The topological polar surface area (TPSA) is 558 Å². The minimum absolute atomic E-state index is 0.000457. The zero-order chi connectivity index (χ0) is 113. The van der Waals surface area contributed by atoms with E-state index in [0.717, 1.165) is 132 Å². The summed E-state index contributed by atoms with van der Waals surface area (Å²) in [6, 6.07) is 36.1. The first-order valence-electron chi connectivity index (χ1n) is 46.2. The Bertz CT molecular complexity index is 6190. The number of oxime groups is 8. The first-order valence-corrected chi connectivity index (χ1v) is 51.2. The van der Waals surface area contributed by atoms with Gasteiger partial charge in [-0.2, -0.15) is 42.7 Å². The van der Waals surface area contributed by atoms with Crippen molar-refractivity contribution in [1.29, 1.82) is 0 Å². The number of methoxy groups -OCH3 is 1. The molecule has 5 aromatic rings. The molecular formula is C100H121Cl2F3N12O30S3. The molecular weight excluding hydrogens is 2070 g/mol. The Morgan fingerprint density at radius 3 is 1.36 bits per heavy atom. The number of aliphatic imine (C=N–C) groups is 2. The molecule has 10 rings (SSSR count). The molecule has 5 aliphatic carbocycles. The maximum atomic E-state index is 12.3. The number of benzene rings is 5. The molecule has 42 nitrogen and oxygen atoms in total. The number of rotatable bonds is 30. The van der Waals surface area contributed by atoms with Crippen molar-refractivity contribution in [2.45, 2.75) is 236 Å². The number of carbonyl (C=O) groups excluding carboxylic acids is 13. The van der Waals surface area contributed by atoms with Crippen molar-refractivity contribution < 1.29 is 152 Å². The van der Waals surface area contributed by atoms with Gasteiger partial charge in [-0.3, -0.25) is 56.9 Å². The van der Waals surface area contributed by atoms with Crippen LogP contribution in [0.15, 0.2) is 194 Å². The molecule has 0 amide bonds. The van der Waals surface area contributed by atoms with E-state index in [0.29, 0.717) is 38.4 Å². The molecule has 50 heteroatoms. The molecule has 2 bridgehead atoms. The summed E-state index contributed by atoms with van der Waals surface area (Å²) in [6.07, 6.45) is 15.2. The normalized spacial score (nSPS) is 16.7. The molecule has 2 atom stereocenters. The number of fused-ring (bicyclic) bond motifs is 2. The first-order chi connectivity index (χ1) is 70.4. The van der Waals surface area contributed by atoms with Crippen LogP contribution < -0.4 is 0 Å². The van der Waals surface area contributed by atoms with E-state index in [2.05, 4.69) is 131 Å². The molecule has 814 valence electrons. The summed E-state index contributed by atoms with van der Waals surface area (Å²) < 4.78 is 128. The number of halogens is 5. The average Bonchev–Trinajstić information content (AvgIpc) is 1.54. The Balaban J connectivity index is 0.000000576. The number of carbonyl (C=O) groups is 13. The number of hydrogen-bond acceptors (Lipinski definition) is 40. The summed E-state index contributed by atoms with van der Waals surface area (Å²) in [5, 5.41) is 27.8. The number of ketones is 6. The number of hydrogen-bond donors (Lipinski definition) is 0. The molecule has 0 aliphatic heterocycles. The number of alkyl halides is 3. The highest BCUT2D eigenvalue weighted by Gasteiger charge is 2.65. The third-order valence-electron chi connectivity index (χ3n) is 21.4. The van der Waals surface area contributed by atoms with Crippen LogP contribution in [0, 0.1) is 48.7 Å². The SMILES string of the molecule is CC(=O)/C(C)=N\OC(=O)C1CCCCC1.CC(=O)/C(C)=N\OC(=O)c1ccccc1.CC(=O)/C(C)=N\OS(=O)(=O)c1ccccc1.CC(=O)O/N=C1\C(=O)C2(C)CCC1C2(C)C.COCC(=O)O/N=C(\C)CC(C)C.Cc1ccc(S(=O)(=O)ON=C2CCCC2)cc1.O=C(CN=C1CCCCC1=NCC(=O)c1ccc(Cl)cc1)c1ccc(Cl)cc1.[C-]#[N+]/C(=N/OC(C)=O)C(=O)OCC.[C-]#[N+]/C(=N/OS(=O)(=O)C(F)(F)F)C(=O)OCC. The molecule has 2 unspecified atom stereocenters. The second-order valence-electron chi connectivity index (χ2n) is 33.7. The van der Waals surface area contributed by atoms with Crippen LogP contribution >= 0.6 is 23.2 Å². The van der Waals surface area contributed by atoms with Crippen molar-refractivity contribution in [3.8, 4) is 0 Å². The molecule has 5 saturated carbocycles. The molecule has 5 aliphatic rings. The van der Waals surface area contributed by atoms with Gasteiger partial charge in [-0.15, -0.1) is 0 Å². The lowest BCUT2D eigenvalue weighted by atomic mass is 9.70. The fourth-order valence-corrected chi connectivity index (χ4v) is 14.7. The summed E-state index contributed by atoms with van der Waals surface area (Å²) >= 11 is 11.7. The van der Waals surface area contributed by atoms with Gasteiger partial charge in [0.2, 0.25) is 0 Å². The van der Waals surface area contributed by atoms with Gasteiger partial charge in [0.25, 0.3) is 0 Å². The molecule has 0 radical (unpaired) electrons. The van der Waals surface area contributed by atoms with Crippen LogP contribution in [0.2, 0.25) is 10.0 Å². The van der Waals surface area contributed by atoms with Crippen LogP contribution in [0.4, 0.5) is 13.2 Å². The summed E-state index contributed by atoms with van der Waals surface area (Å²) in [7, 11) is -12.2. The number of nitrogens with zero attached hydrogens (tertiary/aromatic N) is 12. The second-order valence-corrected chi connectivity index (χ2v) is 39.2. The number of amidine groups is 2. The lowest BCUT2D eigenvalue weighted by Gasteiger charge is -2.31. The standard InChI is InChI=1S/C22H20Cl2N2O2.C12H15NO3S.C12H17NO3.C11H17NO3.C11H11NO3.C10H11NO4S.C9H17NO3.C7H8N2O4.C6H5F3N2O5S/c23-17-9-5-15(6-10-17)21(27)13-25-19-3-1-2-4-20(19)26-14-22(28)16-7-11-18(24)12-8-16;1-10-6-8-12(9-7-10)17(14,15)16-13-11-4-2-3-5-11;1-7(14)16-13-9-8-5-6-12(4,10(9)15)11(8,2)3;2*1-8(9(2)13)12-15-11(14)10-6-4-3-5-7-10;1-8(9(2)12)11-15-16(13,14)10-6-4-3-5-7-10;1-7(2)5-8(3)10-13-9(11)6-12-4;1-4-12-7(11)6(8-3)9-13-5(2)10;1-3-15-5(12)4(10-2)11-16-17(13,14)6(7,8)9/h5-12H,1-4,13-14H2;6-9H,2-5H2,1H3;8H,5-6H2,1-4H3;10H,3-7H2,1-2H3;3-7H,1-2H3;3-7H,1-2H3;7H,5-6H2,1-4H3;4H2,1-2H3;3H2,1H3/b;;13-9-;2*12-8-;11-8-;10-8+;9-6+;11-4+. The van der Waals surface area contributed by atoms with Crippen molar-refractivity contribution in [2.75, 3.05) is 40.0 Å². The molecule has 0 N–H and O–H groups in total. The van der Waals surface area contributed by atoms with Crippen molar-refractivity contribution in [1.82, 2.24) is 0 Å². The van der Waals surface area contributed by atoms with E-state index in [-0.39, 0.29) is 123 Å².